The maximum absolute atomic E-state index is 12.9. The predicted molar refractivity (Wildman–Crippen MR) is 94.8 cm³/mol. The van der Waals surface area contributed by atoms with Gasteiger partial charge < -0.3 is 4.74 Å². The fourth-order valence-corrected chi connectivity index (χ4v) is 3.80. The molecule has 0 fully saturated rings. The monoisotopic (exact) mass is 336 g/mol. The Hall–Kier alpha value is -2.68. The molecule has 0 aliphatic heterocycles. The molecule has 0 aromatic heterocycles. The summed E-state index contributed by atoms with van der Waals surface area (Å²) in [5.74, 6) is 0.532. The summed E-state index contributed by atoms with van der Waals surface area (Å²) in [5, 5.41) is 11.2. The Labute approximate surface area is 143 Å². The minimum Gasteiger partial charge on any atom is -0.495 e. The first-order chi connectivity index (χ1) is 11.7. The highest BCUT2D eigenvalue weighted by molar-refractivity contribution is 7.83. The van der Waals surface area contributed by atoms with Crippen molar-refractivity contribution in [3.63, 3.8) is 0 Å². The van der Waals surface area contributed by atoms with Gasteiger partial charge in [0.05, 0.1) is 13.2 Å². The Morgan fingerprint density at radius 2 is 1.75 bits per heavy atom. The van der Waals surface area contributed by atoms with E-state index in [1.165, 1.54) is 0 Å². The maximum atomic E-state index is 12.9. The molecule has 3 rings (SSSR count). The standard InChI is InChI=1S/C19H16N2O2S/c1-23-18-12-11-14-7-5-6-10-16(14)19(18)24(22)21-17(13-20)15-8-3-2-4-9-15/h2-12,17,21H,1H3. The maximum Gasteiger partial charge on any atom is 0.137 e. The third kappa shape index (κ3) is 3.16. The zero-order chi connectivity index (χ0) is 16.9. The fraction of sp³-hybridized carbons (Fsp3) is 0.105. The van der Waals surface area contributed by atoms with Gasteiger partial charge >= 0.3 is 0 Å². The normalized spacial score (nSPS) is 13.2. The summed E-state index contributed by atoms with van der Waals surface area (Å²) in [4.78, 5) is 0.548. The fourth-order valence-electron chi connectivity index (χ4n) is 2.56. The van der Waals surface area contributed by atoms with E-state index < -0.39 is 17.0 Å². The van der Waals surface area contributed by atoms with E-state index in [-0.39, 0.29) is 0 Å². The van der Waals surface area contributed by atoms with Gasteiger partial charge in [-0.3, -0.25) is 0 Å². The first kappa shape index (κ1) is 16.2. The van der Waals surface area contributed by atoms with Crippen molar-refractivity contribution in [1.29, 1.82) is 5.26 Å². The molecular formula is C19H16N2O2S. The number of ether oxygens (including phenoxy) is 1. The van der Waals surface area contributed by atoms with Crippen LogP contribution in [-0.4, -0.2) is 11.3 Å². The van der Waals surface area contributed by atoms with E-state index in [1.54, 1.807) is 13.2 Å². The van der Waals surface area contributed by atoms with E-state index in [0.717, 1.165) is 16.3 Å². The summed E-state index contributed by atoms with van der Waals surface area (Å²) in [6.45, 7) is 0. The third-order valence-corrected chi connectivity index (χ3v) is 4.98. The van der Waals surface area contributed by atoms with Crippen molar-refractivity contribution < 1.29 is 8.95 Å². The average Bonchev–Trinajstić information content (AvgIpc) is 2.65. The molecule has 0 saturated heterocycles. The van der Waals surface area contributed by atoms with Gasteiger partial charge in [-0.15, -0.1) is 0 Å². The highest BCUT2D eigenvalue weighted by Gasteiger charge is 2.19. The highest BCUT2D eigenvalue weighted by Crippen LogP contribution is 2.31. The van der Waals surface area contributed by atoms with Crippen LogP contribution in [0.2, 0.25) is 0 Å². The zero-order valence-corrected chi connectivity index (χ0v) is 13.9. The van der Waals surface area contributed by atoms with Crippen LogP contribution in [0, 0.1) is 11.3 Å². The molecular weight excluding hydrogens is 320 g/mol. The van der Waals surface area contributed by atoms with Gasteiger partial charge in [0.15, 0.2) is 0 Å². The van der Waals surface area contributed by atoms with Gasteiger partial charge in [0.2, 0.25) is 0 Å². The molecule has 5 heteroatoms. The summed E-state index contributed by atoms with van der Waals surface area (Å²) in [7, 11) is -0.0519. The van der Waals surface area contributed by atoms with Gasteiger partial charge in [-0.25, -0.2) is 8.93 Å². The molecule has 0 radical (unpaired) electrons. The number of nitrogens with one attached hydrogen (secondary N) is 1. The number of benzene rings is 3. The Bertz CT molecular complexity index is 920. The number of rotatable bonds is 5. The summed E-state index contributed by atoms with van der Waals surface area (Å²) in [6, 6.07) is 22.1. The van der Waals surface area contributed by atoms with Crippen LogP contribution in [-0.2, 0) is 11.0 Å². The van der Waals surface area contributed by atoms with Crippen molar-refractivity contribution in [2.75, 3.05) is 7.11 Å². The smallest absolute Gasteiger partial charge is 0.137 e. The number of fused-ring (bicyclic) bond motifs is 1. The van der Waals surface area contributed by atoms with Crippen LogP contribution in [0.1, 0.15) is 11.6 Å². The van der Waals surface area contributed by atoms with Crippen molar-refractivity contribution >= 4 is 21.8 Å². The lowest BCUT2D eigenvalue weighted by atomic mass is 10.1. The third-order valence-electron chi connectivity index (χ3n) is 3.74. The van der Waals surface area contributed by atoms with E-state index in [9.17, 15) is 9.47 Å². The van der Waals surface area contributed by atoms with Crippen LogP contribution in [0.4, 0.5) is 0 Å². The van der Waals surface area contributed by atoms with E-state index in [0.29, 0.717) is 10.6 Å². The Morgan fingerprint density at radius 1 is 1.04 bits per heavy atom. The second kappa shape index (κ2) is 7.26. The van der Waals surface area contributed by atoms with Crippen molar-refractivity contribution in [3.05, 3.63) is 72.3 Å². The van der Waals surface area contributed by atoms with Gasteiger partial charge in [0.1, 0.15) is 27.7 Å². The van der Waals surface area contributed by atoms with Gasteiger partial charge in [-0.2, -0.15) is 5.26 Å². The molecule has 2 atom stereocenters. The van der Waals surface area contributed by atoms with Crippen molar-refractivity contribution in [2.24, 2.45) is 0 Å². The number of hydrogen-bond acceptors (Lipinski definition) is 3. The lowest BCUT2D eigenvalue weighted by Crippen LogP contribution is -2.23. The lowest BCUT2D eigenvalue weighted by Gasteiger charge is -2.15. The number of nitrogens with zero attached hydrogens (tertiary/aromatic N) is 1. The average molecular weight is 336 g/mol. The van der Waals surface area contributed by atoms with Crippen LogP contribution in [0.25, 0.3) is 10.8 Å². The molecule has 3 aromatic rings. The highest BCUT2D eigenvalue weighted by atomic mass is 32.2. The molecule has 120 valence electrons. The van der Waals surface area contributed by atoms with Crippen molar-refractivity contribution in [2.45, 2.75) is 10.9 Å². The van der Waals surface area contributed by atoms with Crippen LogP contribution in [0.5, 0.6) is 5.75 Å². The van der Waals surface area contributed by atoms with Gasteiger partial charge in [0.25, 0.3) is 0 Å². The molecule has 4 nitrogen and oxygen atoms in total. The van der Waals surface area contributed by atoms with Crippen LogP contribution in [0.3, 0.4) is 0 Å². The minimum atomic E-state index is -1.60. The van der Waals surface area contributed by atoms with Crippen molar-refractivity contribution in [3.8, 4) is 11.8 Å². The Kier molecular flexibility index (Phi) is 4.90. The lowest BCUT2D eigenvalue weighted by molar-refractivity contribution is 0.405. The van der Waals surface area contributed by atoms with Crippen LogP contribution < -0.4 is 9.46 Å². The number of nitriles is 1. The molecule has 2 unspecified atom stereocenters. The first-order valence-corrected chi connectivity index (χ1v) is 8.58. The van der Waals surface area contributed by atoms with E-state index in [2.05, 4.69) is 10.8 Å². The molecule has 0 spiro atoms. The molecule has 0 aliphatic rings. The first-order valence-electron chi connectivity index (χ1n) is 7.43. The molecule has 0 bridgehead atoms. The van der Waals surface area contributed by atoms with Gasteiger partial charge in [-0.1, -0.05) is 60.7 Å². The van der Waals surface area contributed by atoms with Crippen LogP contribution in [0.15, 0.2) is 71.6 Å². The molecule has 0 heterocycles. The molecule has 24 heavy (non-hydrogen) atoms. The van der Waals surface area contributed by atoms with E-state index in [4.69, 9.17) is 4.74 Å². The van der Waals surface area contributed by atoms with Gasteiger partial charge in [-0.05, 0) is 17.0 Å². The second-order valence-corrected chi connectivity index (χ2v) is 6.36. The Morgan fingerprint density at radius 3 is 2.46 bits per heavy atom. The van der Waals surface area contributed by atoms with E-state index in [1.807, 2.05) is 60.7 Å². The SMILES string of the molecule is COc1ccc2ccccc2c1S(=O)NC(C#N)c1ccccc1. The Balaban J connectivity index is 2.01. The molecule has 0 saturated carbocycles. The van der Waals surface area contributed by atoms with E-state index >= 15 is 0 Å². The summed E-state index contributed by atoms with van der Waals surface area (Å²) in [5.41, 5.74) is 0.771. The summed E-state index contributed by atoms with van der Waals surface area (Å²) < 4.78 is 21.2. The molecule has 3 aromatic carbocycles. The molecule has 0 aliphatic carbocycles. The molecule has 0 amide bonds. The van der Waals surface area contributed by atoms with Crippen LogP contribution >= 0.6 is 0 Å². The van der Waals surface area contributed by atoms with Gasteiger partial charge in [0, 0.05) is 5.39 Å². The van der Waals surface area contributed by atoms with Crippen molar-refractivity contribution in [1.82, 2.24) is 4.72 Å². The summed E-state index contributed by atoms with van der Waals surface area (Å²) in [6.07, 6.45) is 0. The largest absolute Gasteiger partial charge is 0.495 e. The number of methoxy groups -OCH3 is 1. The quantitative estimate of drug-likeness (QED) is 0.772. The number of hydrogen-bond donors (Lipinski definition) is 1. The zero-order valence-electron chi connectivity index (χ0n) is 13.1. The second-order valence-electron chi connectivity index (χ2n) is 5.18. The molecule has 1 N–H and O–H groups in total. The summed E-state index contributed by atoms with van der Waals surface area (Å²) >= 11 is 0. The predicted octanol–water partition coefficient (Wildman–Crippen LogP) is 3.73. The minimum absolute atomic E-state index is 0.532. The topological polar surface area (TPSA) is 62.1 Å².